The number of benzene rings is 1. The Balaban J connectivity index is 2.30. The van der Waals surface area contributed by atoms with Gasteiger partial charge in [-0.3, -0.25) is 0 Å². The summed E-state index contributed by atoms with van der Waals surface area (Å²) in [5.41, 5.74) is 0.818. The predicted molar refractivity (Wildman–Crippen MR) is 61.0 cm³/mol. The third-order valence-electron chi connectivity index (χ3n) is 2.73. The van der Waals surface area contributed by atoms with Gasteiger partial charge < -0.3 is 5.32 Å². The molecule has 2 rings (SSSR count). The predicted octanol–water partition coefficient (Wildman–Crippen LogP) is 3.95. The largest absolute Gasteiger partial charge is 0.310 e. The molecule has 15 heavy (non-hydrogen) atoms. The number of rotatable bonds is 1. The number of hydrogen-bond donors (Lipinski definition) is 1. The first-order chi connectivity index (χ1) is 7.18. The smallest absolute Gasteiger partial charge is 0.142 e. The molecule has 1 aliphatic heterocycles. The lowest BCUT2D eigenvalue weighted by Gasteiger charge is -2.24. The van der Waals surface area contributed by atoms with Crippen LogP contribution < -0.4 is 5.32 Å². The summed E-state index contributed by atoms with van der Waals surface area (Å²) in [5, 5.41) is 3.95. The summed E-state index contributed by atoms with van der Waals surface area (Å²) in [6, 6.07) is 3.08. The third kappa shape index (κ3) is 2.44. The Morgan fingerprint density at radius 3 is 2.67 bits per heavy atom. The van der Waals surface area contributed by atoms with E-state index in [0.29, 0.717) is 5.02 Å². The molecule has 4 heteroatoms. The second-order valence-corrected chi connectivity index (χ2v) is 4.60. The molecule has 0 bridgehead atoms. The van der Waals surface area contributed by atoms with E-state index in [-0.39, 0.29) is 11.1 Å². The normalized spacial score (nSPS) is 21.7. The molecule has 1 N–H and O–H groups in total. The second kappa shape index (κ2) is 4.69. The molecule has 0 radical (unpaired) electrons. The monoisotopic (exact) mass is 247 g/mol. The third-order valence-corrected chi connectivity index (χ3v) is 3.34. The lowest BCUT2D eigenvalue weighted by molar-refractivity contribution is 0.411. The van der Waals surface area contributed by atoms with Gasteiger partial charge in [-0.25, -0.2) is 4.39 Å². The Labute approximate surface area is 98.6 Å². The lowest BCUT2D eigenvalue weighted by Crippen LogP contribution is -2.27. The number of nitrogens with one attached hydrogen (secondary N) is 1. The van der Waals surface area contributed by atoms with Crippen molar-refractivity contribution >= 4 is 23.2 Å². The molecular formula is C11H12Cl2FN. The van der Waals surface area contributed by atoms with E-state index in [1.165, 1.54) is 18.6 Å². The fourth-order valence-electron chi connectivity index (χ4n) is 1.92. The van der Waals surface area contributed by atoms with Crippen LogP contribution in [0.1, 0.15) is 30.9 Å². The van der Waals surface area contributed by atoms with Crippen molar-refractivity contribution in [1.82, 2.24) is 5.32 Å². The van der Waals surface area contributed by atoms with Gasteiger partial charge >= 0.3 is 0 Å². The molecule has 1 atom stereocenters. The second-order valence-electron chi connectivity index (χ2n) is 3.79. The van der Waals surface area contributed by atoms with Gasteiger partial charge in [0, 0.05) is 11.1 Å². The van der Waals surface area contributed by atoms with E-state index in [9.17, 15) is 4.39 Å². The topological polar surface area (TPSA) is 12.0 Å². The Morgan fingerprint density at radius 1 is 1.20 bits per heavy atom. The Morgan fingerprint density at radius 2 is 2.00 bits per heavy atom. The summed E-state index contributed by atoms with van der Waals surface area (Å²) in [4.78, 5) is 0. The highest BCUT2D eigenvalue weighted by atomic mass is 35.5. The molecule has 82 valence electrons. The molecule has 1 fully saturated rings. The molecule has 0 saturated carbocycles. The summed E-state index contributed by atoms with van der Waals surface area (Å²) in [5.74, 6) is -0.400. The number of halogens is 3. The van der Waals surface area contributed by atoms with Crippen LogP contribution in [0.5, 0.6) is 0 Å². The Kier molecular flexibility index (Phi) is 3.49. The first kappa shape index (κ1) is 11.2. The van der Waals surface area contributed by atoms with E-state index in [0.717, 1.165) is 24.9 Å². The first-order valence-electron chi connectivity index (χ1n) is 5.06. The van der Waals surface area contributed by atoms with Gasteiger partial charge in [-0.1, -0.05) is 29.6 Å². The molecule has 0 spiro atoms. The highest BCUT2D eigenvalue weighted by Gasteiger charge is 2.18. The zero-order valence-corrected chi connectivity index (χ0v) is 9.71. The molecule has 1 heterocycles. The average molecular weight is 248 g/mol. The number of piperidine rings is 1. The summed E-state index contributed by atoms with van der Waals surface area (Å²) < 4.78 is 13.3. The van der Waals surface area contributed by atoms with E-state index < -0.39 is 5.82 Å². The summed E-state index contributed by atoms with van der Waals surface area (Å²) in [7, 11) is 0. The van der Waals surface area contributed by atoms with Crippen LogP contribution in [0.4, 0.5) is 4.39 Å². The van der Waals surface area contributed by atoms with Crippen LogP contribution in [0.25, 0.3) is 0 Å². The van der Waals surface area contributed by atoms with E-state index >= 15 is 0 Å². The van der Waals surface area contributed by atoms with E-state index in [1.807, 2.05) is 0 Å². The quantitative estimate of drug-likeness (QED) is 0.742. The highest BCUT2D eigenvalue weighted by Crippen LogP contribution is 2.32. The van der Waals surface area contributed by atoms with Crippen molar-refractivity contribution in [2.45, 2.75) is 25.3 Å². The lowest BCUT2D eigenvalue weighted by atomic mass is 9.97. The molecule has 1 nitrogen and oxygen atoms in total. The van der Waals surface area contributed by atoms with Crippen molar-refractivity contribution in [3.8, 4) is 0 Å². The van der Waals surface area contributed by atoms with Crippen LogP contribution in [-0.4, -0.2) is 6.54 Å². The van der Waals surface area contributed by atoms with Gasteiger partial charge in [0.25, 0.3) is 0 Å². The average Bonchev–Trinajstić information content (AvgIpc) is 2.25. The Bertz CT molecular complexity index is 362. The molecule has 0 aromatic heterocycles. The standard InChI is InChI=1S/C11H12Cl2FN/c12-8-6-9(13)10(14)5-7(8)11-3-1-2-4-15-11/h5-6,11,15H,1-4H2. The minimum atomic E-state index is -0.400. The van der Waals surface area contributed by atoms with E-state index in [4.69, 9.17) is 23.2 Å². The van der Waals surface area contributed by atoms with Crippen molar-refractivity contribution < 1.29 is 4.39 Å². The van der Waals surface area contributed by atoms with Crippen molar-refractivity contribution in [3.63, 3.8) is 0 Å². The molecule has 1 aromatic rings. The molecule has 1 unspecified atom stereocenters. The Hall–Kier alpha value is -0.310. The minimum Gasteiger partial charge on any atom is -0.310 e. The van der Waals surface area contributed by atoms with Crippen LogP contribution in [0.2, 0.25) is 10.0 Å². The maximum absolute atomic E-state index is 13.3. The van der Waals surface area contributed by atoms with Gasteiger partial charge in [-0.15, -0.1) is 0 Å². The van der Waals surface area contributed by atoms with Gasteiger partial charge in [-0.05, 0) is 37.1 Å². The van der Waals surface area contributed by atoms with Crippen molar-refractivity contribution in [3.05, 3.63) is 33.6 Å². The van der Waals surface area contributed by atoms with Crippen LogP contribution in [0.3, 0.4) is 0 Å². The molecular weight excluding hydrogens is 236 g/mol. The fourth-order valence-corrected chi connectivity index (χ4v) is 2.44. The highest BCUT2D eigenvalue weighted by molar-refractivity contribution is 6.35. The summed E-state index contributed by atoms with van der Waals surface area (Å²) in [6.45, 7) is 0.964. The van der Waals surface area contributed by atoms with E-state index in [2.05, 4.69) is 5.32 Å². The van der Waals surface area contributed by atoms with Gasteiger partial charge in [0.05, 0.1) is 5.02 Å². The van der Waals surface area contributed by atoms with Gasteiger partial charge in [0.2, 0.25) is 0 Å². The van der Waals surface area contributed by atoms with Gasteiger partial charge in [0.15, 0.2) is 0 Å². The fraction of sp³-hybridized carbons (Fsp3) is 0.455. The summed E-state index contributed by atoms with van der Waals surface area (Å²) in [6.07, 6.45) is 3.32. The molecule has 0 amide bonds. The first-order valence-corrected chi connectivity index (χ1v) is 5.82. The van der Waals surface area contributed by atoms with E-state index in [1.54, 1.807) is 0 Å². The molecule has 0 aliphatic carbocycles. The maximum Gasteiger partial charge on any atom is 0.142 e. The van der Waals surface area contributed by atoms with Crippen LogP contribution in [-0.2, 0) is 0 Å². The molecule has 1 aromatic carbocycles. The number of hydrogen-bond acceptors (Lipinski definition) is 1. The van der Waals surface area contributed by atoms with Crippen LogP contribution >= 0.6 is 23.2 Å². The maximum atomic E-state index is 13.3. The SMILES string of the molecule is Fc1cc(C2CCCCN2)c(Cl)cc1Cl. The minimum absolute atomic E-state index is 0.0829. The van der Waals surface area contributed by atoms with Crippen LogP contribution in [0.15, 0.2) is 12.1 Å². The van der Waals surface area contributed by atoms with Crippen LogP contribution in [0, 0.1) is 5.82 Å². The molecule has 1 saturated heterocycles. The van der Waals surface area contributed by atoms with Gasteiger partial charge in [-0.2, -0.15) is 0 Å². The molecule has 1 aliphatic rings. The van der Waals surface area contributed by atoms with Crippen molar-refractivity contribution in [1.29, 1.82) is 0 Å². The zero-order valence-electron chi connectivity index (χ0n) is 8.19. The summed E-state index contributed by atoms with van der Waals surface area (Å²) >= 11 is 11.7. The van der Waals surface area contributed by atoms with Crippen molar-refractivity contribution in [2.75, 3.05) is 6.54 Å². The zero-order chi connectivity index (χ0) is 10.8. The van der Waals surface area contributed by atoms with Gasteiger partial charge in [0.1, 0.15) is 5.82 Å². The van der Waals surface area contributed by atoms with Crippen molar-refractivity contribution in [2.24, 2.45) is 0 Å².